The highest BCUT2D eigenvalue weighted by atomic mass is 19.1. The standard InChI is InChI=1S/C14H11F3N2O/c15-9-3-1-8(2-4-9)5-13(20)19-14-11(17)6-10(16)7-12(14)18/h1-4,6-7H,5,18H2,(H,19,20). The van der Waals surface area contributed by atoms with Crippen LogP contribution in [0.15, 0.2) is 36.4 Å². The molecule has 0 aliphatic heterocycles. The van der Waals surface area contributed by atoms with Crippen molar-refractivity contribution in [1.82, 2.24) is 0 Å². The number of carbonyl (C=O) groups excluding carboxylic acids is 1. The molecule has 0 spiro atoms. The number of hydrogen-bond acceptors (Lipinski definition) is 2. The first kappa shape index (κ1) is 13.9. The van der Waals surface area contributed by atoms with Crippen LogP contribution in [-0.4, -0.2) is 5.91 Å². The lowest BCUT2D eigenvalue weighted by molar-refractivity contribution is -0.115. The van der Waals surface area contributed by atoms with E-state index in [-0.39, 0.29) is 17.8 Å². The second-order valence-corrected chi connectivity index (χ2v) is 4.20. The first-order chi connectivity index (χ1) is 9.45. The Labute approximate surface area is 113 Å². The summed E-state index contributed by atoms with van der Waals surface area (Å²) in [6.07, 6.45) is -0.0729. The summed E-state index contributed by atoms with van der Waals surface area (Å²) in [4.78, 5) is 11.7. The molecule has 104 valence electrons. The van der Waals surface area contributed by atoms with Crippen LogP contribution in [0.4, 0.5) is 24.5 Å². The van der Waals surface area contributed by atoms with Gasteiger partial charge in [0.2, 0.25) is 5.91 Å². The molecule has 20 heavy (non-hydrogen) atoms. The predicted molar refractivity (Wildman–Crippen MR) is 69.5 cm³/mol. The number of benzene rings is 2. The Morgan fingerprint density at radius 3 is 2.30 bits per heavy atom. The molecule has 3 N–H and O–H groups in total. The van der Waals surface area contributed by atoms with Gasteiger partial charge in [-0.05, 0) is 23.8 Å². The average Bonchev–Trinajstić information content (AvgIpc) is 2.36. The van der Waals surface area contributed by atoms with Gasteiger partial charge in [0.15, 0.2) is 5.82 Å². The maximum Gasteiger partial charge on any atom is 0.228 e. The molecule has 0 heterocycles. The van der Waals surface area contributed by atoms with E-state index in [1.54, 1.807) is 0 Å². The first-order valence-corrected chi connectivity index (χ1v) is 5.74. The minimum absolute atomic E-state index is 0.0729. The Kier molecular flexibility index (Phi) is 3.93. The molecule has 0 aromatic heterocycles. The lowest BCUT2D eigenvalue weighted by Gasteiger charge is -2.09. The zero-order chi connectivity index (χ0) is 14.7. The lowest BCUT2D eigenvalue weighted by Crippen LogP contribution is -2.16. The zero-order valence-electron chi connectivity index (χ0n) is 10.3. The van der Waals surface area contributed by atoms with Gasteiger partial charge in [0.1, 0.15) is 17.3 Å². The van der Waals surface area contributed by atoms with E-state index in [0.29, 0.717) is 11.6 Å². The van der Waals surface area contributed by atoms with Crippen LogP contribution in [0.25, 0.3) is 0 Å². The number of nitrogens with two attached hydrogens (primary N) is 1. The minimum atomic E-state index is -0.949. The SMILES string of the molecule is Nc1cc(F)cc(F)c1NC(=O)Cc1ccc(F)cc1. The number of anilines is 2. The molecule has 2 aromatic rings. The molecule has 3 nitrogen and oxygen atoms in total. The largest absolute Gasteiger partial charge is 0.397 e. The van der Waals surface area contributed by atoms with Gasteiger partial charge in [-0.25, -0.2) is 13.2 Å². The highest BCUT2D eigenvalue weighted by Gasteiger charge is 2.12. The van der Waals surface area contributed by atoms with Crippen molar-refractivity contribution in [3.05, 3.63) is 59.4 Å². The Bertz CT molecular complexity index is 618. The minimum Gasteiger partial charge on any atom is -0.397 e. The second-order valence-electron chi connectivity index (χ2n) is 4.20. The summed E-state index contributed by atoms with van der Waals surface area (Å²) in [6, 6.07) is 6.87. The number of rotatable bonds is 3. The van der Waals surface area contributed by atoms with Crippen molar-refractivity contribution in [2.45, 2.75) is 6.42 Å². The highest BCUT2D eigenvalue weighted by molar-refractivity contribution is 5.95. The van der Waals surface area contributed by atoms with Crippen molar-refractivity contribution in [3.8, 4) is 0 Å². The predicted octanol–water partition coefficient (Wildman–Crippen LogP) is 2.87. The van der Waals surface area contributed by atoms with Crippen molar-refractivity contribution in [3.63, 3.8) is 0 Å². The Balaban J connectivity index is 2.10. The summed E-state index contributed by atoms with van der Waals surface area (Å²) in [6.45, 7) is 0. The van der Waals surface area contributed by atoms with E-state index in [2.05, 4.69) is 5.32 Å². The average molecular weight is 280 g/mol. The Morgan fingerprint density at radius 2 is 1.70 bits per heavy atom. The molecule has 0 fully saturated rings. The van der Waals surface area contributed by atoms with Gasteiger partial charge in [0, 0.05) is 6.07 Å². The molecule has 0 unspecified atom stereocenters. The van der Waals surface area contributed by atoms with Crippen LogP contribution in [0.1, 0.15) is 5.56 Å². The topological polar surface area (TPSA) is 55.1 Å². The van der Waals surface area contributed by atoms with E-state index in [4.69, 9.17) is 5.73 Å². The molecule has 0 aliphatic rings. The smallest absolute Gasteiger partial charge is 0.228 e. The third kappa shape index (κ3) is 3.28. The number of nitrogens with one attached hydrogen (secondary N) is 1. The van der Waals surface area contributed by atoms with Gasteiger partial charge in [0.05, 0.1) is 12.1 Å². The van der Waals surface area contributed by atoms with E-state index >= 15 is 0 Å². The summed E-state index contributed by atoms with van der Waals surface area (Å²) < 4.78 is 39.1. The summed E-state index contributed by atoms with van der Waals surface area (Å²) in [5, 5.41) is 2.27. The van der Waals surface area contributed by atoms with Crippen molar-refractivity contribution >= 4 is 17.3 Å². The van der Waals surface area contributed by atoms with Crippen LogP contribution < -0.4 is 11.1 Å². The summed E-state index contributed by atoms with van der Waals surface area (Å²) >= 11 is 0. The second kappa shape index (κ2) is 5.64. The molecule has 0 atom stereocenters. The lowest BCUT2D eigenvalue weighted by atomic mass is 10.1. The maximum absolute atomic E-state index is 13.5. The molecule has 2 aromatic carbocycles. The first-order valence-electron chi connectivity index (χ1n) is 5.74. The molecule has 0 saturated heterocycles. The number of carbonyl (C=O) groups is 1. The number of amides is 1. The third-order valence-electron chi connectivity index (χ3n) is 2.63. The Hall–Kier alpha value is -2.50. The van der Waals surface area contributed by atoms with Crippen molar-refractivity contribution in [2.24, 2.45) is 0 Å². The van der Waals surface area contributed by atoms with Crippen molar-refractivity contribution < 1.29 is 18.0 Å². The molecular weight excluding hydrogens is 269 g/mol. The van der Waals surface area contributed by atoms with Gasteiger partial charge in [0.25, 0.3) is 0 Å². The van der Waals surface area contributed by atoms with Crippen LogP contribution >= 0.6 is 0 Å². The number of nitrogen functional groups attached to an aromatic ring is 1. The van der Waals surface area contributed by atoms with Crippen LogP contribution in [0.3, 0.4) is 0 Å². The van der Waals surface area contributed by atoms with Crippen molar-refractivity contribution in [2.75, 3.05) is 11.1 Å². The van der Waals surface area contributed by atoms with Gasteiger partial charge >= 0.3 is 0 Å². The normalized spacial score (nSPS) is 10.3. The number of halogens is 3. The van der Waals surface area contributed by atoms with E-state index in [1.807, 2.05) is 0 Å². The Morgan fingerprint density at radius 1 is 1.05 bits per heavy atom. The van der Waals surface area contributed by atoms with Gasteiger partial charge < -0.3 is 11.1 Å². The molecule has 2 rings (SSSR count). The summed E-state index contributed by atoms with van der Waals surface area (Å²) in [5.74, 6) is -2.72. The fourth-order valence-corrected chi connectivity index (χ4v) is 1.70. The van der Waals surface area contributed by atoms with Crippen LogP contribution in [0, 0.1) is 17.5 Å². The molecule has 0 saturated carbocycles. The molecule has 1 amide bonds. The van der Waals surface area contributed by atoms with E-state index in [9.17, 15) is 18.0 Å². The fraction of sp³-hybridized carbons (Fsp3) is 0.0714. The van der Waals surface area contributed by atoms with Crippen LogP contribution in [0.5, 0.6) is 0 Å². The molecular formula is C14H11F3N2O. The number of hydrogen-bond donors (Lipinski definition) is 2. The van der Waals surface area contributed by atoms with E-state index in [1.165, 1.54) is 24.3 Å². The molecule has 0 aliphatic carbocycles. The molecule has 0 bridgehead atoms. The van der Waals surface area contributed by atoms with Crippen molar-refractivity contribution in [1.29, 1.82) is 0 Å². The van der Waals surface area contributed by atoms with Gasteiger partial charge in [-0.3, -0.25) is 4.79 Å². The van der Waals surface area contributed by atoms with E-state index < -0.39 is 23.4 Å². The van der Waals surface area contributed by atoms with Crippen LogP contribution in [0.2, 0.25) is 0 Å². The zero-order valence-corrected chi connectivity index (χ0v) is 10.3. The monoisotopic (exact) mass is 280 g/mol. The van der Waals surface area contributed by atoms with Crippen LogP contribution in [-0.2, 0) is 11.2 Å². The fourth-order valence-electron chi connectivity index (χ4n) is 1.70. The molecule has 6 heteroatoms. The third-order valence-corrected chi connectivity index (χ3v) is 2.63. The van der Waals surface area contributed by atoms with Gasteiger partial charge in [-0.2, -0.15) is 0 Å². The van der Waals surface area contributed by atoms with Gasteiger partial charge in [-0.15, -0.1) is 0 Å². The van der Waals surface area contributed by atoms with Gasteiger partial charge in [-0.1, -0.05) is 12.1 Å². The van der Waals surface area contributed by atoms with E-state index in [0.717, 1.165) is 6.07 Å². The summed E-state index contributed by atoms with van der Waals surface area (Å²) in [7, 11) is 0. The highest BCUT2D eigenvalue weighted by Crippen LogP contribution is 2.23. The quantitative estimate of drug-likeness (QED) is 0.849. The maximum atomic E-state index is 13.5. The molecule has 0 radical (unpaired) electrons. The summed E-state index contributed by atoms with van der Waals surface area (Å²) in [5.41, 5.74) is 5.54.